The molecule has 2 rings (SSSR count). The second kappa shape index (κ2) is 4.47. The van der Waals surface area contributed by atoms with Gasteiger partial charge < -0.3 is 5.11 Å². The Labute approximate surface area is 108 Å². The van der Waals surface area contributed by atoms with E-state index >= 15 is 0 Å². The molecule has 1 saturated carbocycles. The summed E-state index contributed by atoms with van der Waals surface area (Å²) >= 11 is 0. The number of sulfonamides is 1. The number of nitrogens with zero attached hydrogens (tertiary/aromatic N) is 2. The number of hydrogen-bond donors (Lipinski definition) is 1. The molecule has 0 spiro atoms. The molecule has 2 fully saturated rings. The summed E-state index contributed by atoms with van der Waals surface area (Å²) in [6.45, 7) is 4.41. The summed E-state index contributed by atoms with van der Waals surface area (Å²) in [5.41, 5.74) is 0. The minimum absolute atomic E-state index is 0.233. The van der Waals surface area contributed by atoms with Crippen LogP contribution in [0.5, 0.6) is 0 Å². The van der Waals surface area contributed by atoms with Gasteiger partial charge in [-0.2, -0.15) is 4.31 Å². The maximum absolute atomic E-state index is 12.5. The van der Waals surface area contributed by atoms with Crippen molar-refractivity contribution in [3.05, 3.63) is 0 Å². The summed E-state index contributed by atoms with van der Waals surface area (Å²) in [7, 11) is -3.46. The fraction of sp³-hybridized carbons (Fsp3) is 0.909. The molecule has 2 aliphatic rings. The van der Waals surface area contributed by atoms with Crippen LogP contribution < -0.4 is 0 Å². The number of aliphatic carboxylic acids is 1. The summed E-state index contributed by atoms with van der Waals surface area (Å²) in [4.78, 5) is 11.2. The Kier molecular flexibility index (Phi) is 3.42. The van der Waals surface area contributed by atoms with Gasteiger partial charge in [-0.25, -0.2) is 8.42 Å². The van der Waals surface area contributed by atoms with Crippen molar-refractivity contribution in [3.63, 3.8) is 0 Å². The van der Waals surface area contributed by atoms with E-state index in [9.17, 15) is 13.2 Å². The van der Waals surface area contributed by atoms with Crippen LogP contribution in [-0.2, 0) is 14.8 Å². The van der Waals surface area contributed by atoms with Crippen molar-refractivity contribution < 1.29 is 18.3 Å². The summed E-state index contributed by atoms with van der Waals surface area (Å²) in [6.07, 6.45) is 2.20. The number of carbonyl (C=O) groups is 1. The lowest BCUT2D eigenvalue weighted by atomic mass is 10.3. The molecule has 0 amide bonds. The van der Waals surface area contributed by atoms with Crippen molar-refractivity contribution in [2.45, 2.75) is 31.6 Å². The van der Waals surface area contributed by atoms with Crippen molar-refractivity contribution in [2.75, 3.05) is 26.2 Å². The van der Waals surface area contributed by atoms with Gasteiger partial charge in [0.2, 0.25) is 10.0 Å². The monoisotopic (exact) mass is 276 g/mol. The van der Waals surface area contributed by atoms with E-state index in [0.29, 0.717) is 25.6 Å². The number of rotatable bonds is 4. The highest BCUT2D eigenvalue weighted by atomic mass is 32.2. The van der Waals surface area contributed by atoms with Crippen LogP contribution in [-0.4, -0.2) is 59.7 Å². The van der Waals surface area contributed by atoms with Crippen LogP contribution in [0, 0.1) is 5.92 Å². The minimum atomic E-state index is -3.46. The van der Waals surface area contributed by atoms with Gasteiger partial charge in [-0.05, 0) is 32.6 Å². The topological polar surface area (TPSA) is 77.9 Å². The van der Waals surface area contributed by atoms with Crippen LogP contribution in [0.4, 0.5) is 0 Å². The Morgan fingerprint density at radius 2 is 1.94 bits per heavy atom. The number of carboxylic acid groups (broad SMARTS) is 1. The van der Waals surface area contributed by atoms with Crippen LogP contribution in [0.15, 0.2) is 0 Å². The lowest BCUT2D eigenvalue weighted by Gasteiger charge is -2.45. The average molecular weight is 276 g/mol. The maximum atomic E-state index is 12.5. The Morgan fingerprint density at radius 1 is 1.33 bits per heavy atom. The molecule has 0 atom stereocenters. The molecule has 0 aromatic carbocycles. The highest BCUT2D eigenvalue weighted by molar-refractivity contribution is 7.90. The van der Waals surface area contributed by atoms with Gasteiger partial charge in [-0.15, -0.1) is 0 Å². The second-order valence-electron chi connectivity index (χ2n) is 5.57. The van der Waals surface area contributed by atoms with Crippen molar-refractivity contribution in [3.8, 4) is 0 Å². The summed E-state index contributed by atoms with van der Waals surface area (Å²) in [6, 6.07) is 0. The molecule has 6 nitrogen and oxygen atoms in total. The lowest BCUT2D eigenvalue weighted by molar-refractivity contribution is -0.139. The van der Waals surface area contributed by atoms with Crippen molar-refractivity contribution in [2.24, 2.45) is 5.92 Å². The summed E-state index contributed by atoms with van der Waals surface area (Å²) in [5.74, 6) is -0.490. The molecule has 7 heteroatoms. The molecule has 18 heavy (non-hydrogen) atoms. The third kappa shape index (κ3) is 2.39. The van der Waals surface area contributed by atoms with Gasteiger partial charge in [0.05, 0.1) is 6.54 Å². The van der Waals surface area contributed by atoms with E-state index in [1.807, 2.05) is 0 Å². The molecule has 0 radical (unpaired) electrons. The standard InChI is InChI=1S/C11H20N2O4S/c1-11(2)12(8-10(14)15)5-6-13(18(11,16)17)7-9-3-4-9/h9H,3-8H2,1-2H3,(H,14,15). The molecule has 0 aromatic rings. The number of carboxylic acids is 1. The van der Waals surface area contributed by atoms with Gasteiger partial charge in [0.1, 0.15) is 4.87 Å². The zero-order valence-corrected chi connectivity index (χ0v) is 11.6. The predicted molar refractivity (Wildman–Crippen MR) is 66.5 cm³/mol. The smallest absolute Gasteiger partial charge is 0.317 e. The first-order chi connectivity index (χ1) is 8.25. The zero-order chi connectivity index (χ0) is 13.6. The van der Waals surface area contributed by atoms with Gasteiger partial charge in [0.15, 0.2) is 0 Å². The van der Waals surface area contributed by atoms with Crippen molar-refractivity contribution in [1.29, 1.82) is 0 Å². The normalized spacial score (nSPS) is 28.1. The second-order valence-corrected chi connectivity index (χ2v) is 8.03. The van der Waals surface area contributed by atoms with E-state index in [1.54, 1.807) is 13.8 Å². The van der Waals surface area contributed by atoms with E-state index in [4.69, 9.17) is 5.11 Å². The summed E-state index contributed by atoms with van der Waals surface area (Å²) in [5, 5.41) is 8.84. The highest BCUT2D eigenvalue weighted by Crippen LogP contribution is 2.35. The molecule has 1 heterocycles. The van der Waals surface area contributed by atoms with E-state index in [0.717, 1.165) is 12.8 Å². The van der Waals surface area contributed by atoms with Crippen molar-refractivity contribution in [1.82, 2.24) is 9.21 Å². The van der Waals surface area contributed by atoms with Crippen LogP contribution in [0.25, 0.3) is 0 Å². The largest absolute Gasteiger partial charge is 0.480 e. The maximum Gasteiger partial charge on any atom is 0.317 e. The lowest BCUT2D eigenvalue weighted by Crippen LogP contribution is -2.63. The Balaban J connectivity index is 2.17. The van der Waals surface area contributed by atoms with Gasteiger partial charge >= 0.3 is 5.97 Å². The molecule has 0 unspecified atom stereocenters. The van der Waals surface area contributed by atoms with E-state index < -0.39 is 20.9 Å². The molecule has 1 aliphatic carbocycles. The first-order valence-electron chi connectivity index (χ1n) is 6.21. The molecule has 0 bridgehead atoms. The fourth-order valence-electron chi connectivity index (χ4n) is 2.31. The van der Waals surface area contributed by atoms with E-state index in [-0.39, 0.29) is 6.54 Å². The minimum Gasteiger partial charge on any atom is -0.480 e. The van der Waals surface area contributed by atoms with Crippen LogP contribution in [0.1, 0.15) is 26.7 Å². The molecule has 1 N–H and O–H groups in total. The van der Waals surface area contributed by atoms with Gasteiger partial charge in [0, 0.05) is 19.6 Å². The van der Waals surface area contributed by atoms with E-state index in [1.165, 1.54) is 9.21 Å². The number of hydrogen-bond acceptors (Lipinski definition) is 4. The highest BCUT2D eigenvalue weighted by Gasteiger charge is 2.49. The molecule has 1 saturated heterocycles. The quantitative estimate of drug-likeness (QED) is 0.791. The van der Waals surface area contributed by atoms with Crippen molar-refractivity contribution >= 4 is 16.0 Å². The molecule has 104 valence electrons. The average Bonchev–Trinajstić information content (AvgIpc) is 3.02. The Bertz CT molecular complexity index is 442. The molecule has 1 aliphatic heterocycles. The predicted octanol–water partition coefficient (Wildman–Crippen LogP) is 0.165. The van der Waals surface area contributed by atoms with E-state index in [2.05, 4.69) is 0 Å². The van der Waals surface area contributed by atoms with Gasteiger partial charge in [-0.1, -0.05) is 0 Å². The summed E-state index contributed by atoms with van der Waals surface area (Å²) < 4.78 is 26.5. The third-order valence-electron chi connectivity index (χ3n) is 3.84. The third-order valence-corrected chi connectivity index (χ3v) is 6.37. The first-order valence-corrected chi connectivity index (χ1v) is 7.65. The molecule has 0 aromatic heterocycles. The zero-order valence-electron chi connectivity index (χ0n) is 10.8. The first kappa shape index (κ1) is 13.8. The molecular formula is C11H20N2O4S. The van der Waals surface area contributed by atoms with Gasteiger partial charge in [-0.3, -0.25) is 9.69 Å². The van der Waals surface area contributed by atoms with Gasteiger partial charge in [0.25, 0.3) is 0 Å². The Morgan fingerprint density at radius 3 is 2.44 bits per heavy atom. The fourth-order valence-corrected chi connectivity index (χ4v) is 4.15. The molecular weight excluding hydrogens is 256 g/mol. The van der Waals surface area contributed by atoms with Crippen LogP contribution >= 0.6 is 0 Å². The van der Waals surface area contributed by atoms with Crippen LogP contribution in [0.3, 0.4) is 0 Å². The van der Waals surface area contributed by atoms with Crippen LogP contribution in [0.2, 0.25) is 0 Å². The SMILES string of the molecule is CC1(C)N(CC(=O)O)CCN(CC2CC2)S1(=O)=O. The Hall–Kier alpha value is -0.660.